The zero-order chi connectivity index (χ0) is 21.1. The third-order valence-electron chi connectivity index (χ3n) is 5.96. The molecule has 0 saturated heterocycles. The van der Waals surface area contributed by atoms with Crippen molar-refractivity contribution in [2.75, 3.05) is 0 Å². The highest BCUT2D eigenvalue weighted by atomic mass is 15.0. The predicted octanol–water partition coefficient (Wildman–Crippen LogP) is 4.86. The van der Waals surface area contributed by atoms with Crippen LogP contribution in [-0.2, 0) is 0 Å². The van der Waals surface area contributed by atoms with E-state index in [0.717, 1.165) is 55.0 Å². The van der Waals surface area contributed by atoms with E-state index in [9.17, 15) is 0 Å². The molecular weight excluding hydrogens is 398 g/mol. The van der Waals surface area contributed by atoms with Crippen LogP contribution in [0.4, 0.5) is 0 Å². The van der Waals surface area contributed by atoms with Crippen LogP contribution in [0.25, 0.3) is 55.0 Å². The Balaban J connectivity index is 1.55. The molecule has 32 heavy (non-hydrogen) atoms. The van der Waals surface area contributed by atoms with Gasteiger partial charge in [-0.05, 0) is 30.3 Å². The Labute approximate surface area is 181 Å². The van der Waals surface area contributed by atoms with E-state index < -0.39 is 0 Å². The maximum absolute atomic E-state index is 4.62. The molecule has 0 radical (unpaired) electrons. The van der Waals surface area contributed by atoms with Gasteiger partial charge in [0, 0.05) is 71.1 Å². The fourth-order valence-corrected chi connectivity index (χ4v) is 4.63. The highest BCUT2D eigenvalue weighted by molar-refractivity contribution is 6.09. The van der Waals surface area contributed by atoms with Crippen LogP contribution in [-0.4, -0.2) is 34.1 Å². The first-order chi connectivity index (χ1) is 15.9. The molecule has 0 N–H and O–H groups in total. The van der Waals surface area contributed by atoms with Crippen LogP contribution in [0.15, 0.2) is 92.3 Å². The highest BCUT2D eigenvalue weighted by Crippen LogP contribution is 2.33. The van der Waals surface area contributed by atoms with Gasteiger partial charge in [0.15, 0.2) is 0 Å². The molecule has 7 aromatic rings. The fraction of sp³-hybridized carbons (Fsp3) is 0. The number of rotatable bonds is 2. The first-order valence-corrected chi connectivity index (χ1v) is 10.2. The second-order valence-corrected chi connectivity index (χ2v) is 7.64. The molecule has 0 aliphatic carbocycles. The Bertz CT molecular complexity index is 1560. The molecule has 0 aromatic carbocycles. The SMILES string of the molecule is c1cc2c(cn1)c1cnccc1n2-c1cncc(-n2c3ccncc3c3cnccc32)c1. The lowest BCUT2D eigenvalue weighted by Crippen LogP contribution is -2.00. The summed E-state index contributed by atoms with van der Waals surface area (Å²) in [7, 11) is 0. The highest BCUT2D eigenvalue weighted by Gasteiger charge is 2.16. The van der Waals surface area contributed by atoms with Crippen molar-refractivity contribution in [3.63, 3.8) is 0 Å². The number of aromatic nitrogens is 7. The summed E-state index contributed by atoms with van der Waals surface area (Å²) in [6, 6.07) is 10.3. The van der Waals surface area contributed by atoms with E-state index >= 15 is 0 Å². The van der Waals surface area contributed by atoms with E-state index in [1.165, 1.54) is 0 Å². The number of nitrogens with zero attached hydrogens (tertiary/aromatic N) is 7. The Morgan fingerprint density at radius 2 is 0.750 bits per heavy atom. The molecule has 0 aliphatic rings. The van der Waals surface area contributed by atoms with Gasteiger partial charge in [-0.2, -0.15) is 0 Å². The zero-order valence-corrected chi connectivity index (χ0v) is 16.8. The van der Waals surface area contributed by atoms with Crippen LogP contribution in [0.5, 0.6) is 0 Å². The van der Waals surface area contributed by atoms with Crippen molar-refractivity contribution in [1.82, 2.24) is 34.1 Å². The maximum Gasteiger partial charge on any atom is 0.0666 e. The van der Waals surface area contributed by atoms with E-state index in [0.29, 0.717) is 0 Å². The standard InChI is InChI=1S/C25H15N7/c1-5-26-12-18-19-13-27-6-2-23(19)31(22(1)18)16-9-17(11-30-10-16)32-24-3-7-28-14-20(24)21-15-29-8-4-25(21)32/h1-15H. The lowest BCUT2D eigenvalue weighted by Gasteiger charge is -2.11. The van der Waals surface area contributed by atoms with Gasteiger partial charge in [-0.1, -0.05) is 0 Å². The number of pyridine rings is 5. The first kappa shape index (κ1) is 17.1. The number of hydrogen-bond acceptors (Lipinski definition) is 5. The normalized spacial score (nSPS) is 11.8. The van der Waals surface area contributed by atoms with Crippen LogP contribution in [0.1, 0.15) is 0 Å². The summed E-state index contributed by atoms with van der Waals surface area (Å²) >= 11 is 0. The predicted molar refractivity (Wildman–Crippen MR) is 124 cm³/mol. The van der Waals surface area contributed by atoms with Gasteiger partial charge in [-0.25, -0.2) is 0 Å². The molecule has 7 rings (SSSR count). The minimum Gasteiger partial charge on any atom is -0.307 e. The molecule has 0 amide bonds. The molecule has 7 heteroatoms. The van der Waals surface area contributed by atoms with Crippen LogP contribution in [0, 0.1) is 0 Å². The fourth-order valence-electron chi connectivity index (χ4n) is 4.63. The van der Waals surface area contributed by atoms with Gasteiger partial charge in [-0.3, -0.25) is 24.9 Å². The lowest BCUT2D eigenvalue weighted by atomic mass is 10.2. The molecule has 0 fully saturated rings. The summed E-state index contributed by atoms with van der Waals surface area (Å²) in [5.41, 5.74) is 6.21. The molecule has 0 aliphatic heterocycles. The summed E-state index contributed by atoms with van der Waals surface area (Å²) in [5.74, 6) is 0. The molecular formula is C25H15N7. The summed E-state index contributed by atoms with van der Waals surface area (Å²) in [4.78, 5) is 21.9. The first-order valence-electron chi connectivity index (χ1n) is 10.2. The molecule has 0 unspecified atom stereocenters. The molecule has 150 valence electrons. The van der Waals surface area contributed by atoms with Gasteiger partial charge in [0.1, 0.15) is 0 Å². The van der Waals surface area contributed by atoms with Gasteiger partial charge in [0.05, 0.1) is 45.8 Å². The second-order valence-electron chi connectivity index (χ2n) is 7.64. The van der Waals surface area contributed by atoms with Gasteiger partial charge in [-0.15, -0.1) is 0 Å². The largest absolute Gasteiger partial charge is 0.307 e. The van der Waals surface area contributed by atoms with Crippen LogP contribution in [0.2, 0.25) is 0 Å². The lowest BCUT2D eigenvalue weighted by molar-refractivity contribution is 1.08. The maximum atomic E-state index is 4.62. The monoisotopic (exact) mass is 413 g/mol. The second kappa shape index (κ2) is 6.42. The van der Waals surface area contributed by atoms with E-state index in [-0.39, 0.29) is 0 Å². The van der Waals surface area contributed by atoms with E-state index in [1.807, 2.05) is 86.2 Å². The van der Waals surface area contributed by atoms with Crippen LogP contribution >= 0.6 is 0 Å². The van der Waals surface area contributed by atoms with Gasteiger partial charge >= 0.3 is 0 Å². The van der Waals surface area contributed by atoms with Crippen molar-refractivity contribution < 1.29 is 0 Å². The Morgan fingerprint density at radius 3 is 1.09 bits per heavy atom. The Kier molecular flexibility index (Phi) is 3.43. The Hall–Kier alpha value is -4.65. The zero-order valence-electron chi connectivity index (χ0n) is 16.8. The molecule has 0 saturated carbocycles. The van der Waals surface area contributed by atoms with E-state index in [4.69, 9.17) is 0 Å². The van der Waals surface area contributed by atoms with Gasteiger partial charge < -0.3 is 9.13 Å². The minimum absolute atomic E-state index is 0.970. The minimum atomic E-state index is 0.970. The smallest absolute Gasteiger partial charge is 0.0666 e. The summed E-state index contributed by atoms with van der Waals surface area (Å²) in [6.07, 6.45) is 18.6. The van der Waals surface area contributed by atoms with Crippen molar-refractivity contribution in [1.29, 1.82) is 0 Å². The molecule has 0 bridgehead atoms. The topological polar surface area (TPSA) is 74.3 Å². The third-order valence-corrected chi connectivity index (χ3v) is 5.96. The van der Waals surface area contributed by atoms with Crippen molar-refractivity contribution in [3.8, 4) is 11.4 Å². The molecule has 0 atom stereocenters. The molecule has 7 nitrogen and oxygen atoms in total. The molecule has 7 heterocycles. The van der Waals surface area contributed by atoms with Crippen molar-refractivity contribution in [2.24, 2.45) is 0 Å². The average molecular weight is 413 g/mol. The third kappa shape index (κ3) is 2.27. The molecule has 0 spiro atoms. The summed E-state index contributed by atoms with van der Waals surface area (Å²) in [6.45, 7) is 0. The van der Waals surface area contributed by atoms with Crippen molar-refractivity contribution in [3.05, 3.63) is 92.3 Å². The Morgan fingerprint density at radius 1 is 0.406 bits per heavy atom. The van der Waals surface area contributed by atoms with Gasteiger partial charge in [0.2, 0.25) is 0 Å². The van der Waals surface area contributed by atoms with Crippen LogP contribution in [0.3, 0.4) is 0 Å². The van der Waals surface area contributed by atoms with Gasteiger partial charge in [0.25, 0.3) is 0 Å². The quantitative estimate of drug-likeness (QED) is 0.405. The summed E-state index contributed by atoms with van der Waals surface area (Å²) < 4.78 is 4.42. The van der Waals surface area contributed by atoms with E-state index in [2.05, 4.69) is 40.1 Å². The van der Waals surface area contributed by atoms with Crippen molar-refractivity contribution in [2.45, 2.75) is 0 Å². The number of hydrogen-bond donors (Lipinski definition) is 0. The molecule has 7 aromatic heterocycles. The van der Waals surface area contributed by atoms with Crippen LogP contribution < -0.4 is 0 Å². The number of fused-ring (bicyclic) bond motifs is 6. The summed E-state index contributed by atoms with van der Waals surface area (Å²) in [5, 5.41) is 4.26. The van der Waals surface area contributed by atoms with E-state index in [1.54, 1.807) is 0 Å². The average Bonchev–Trinajstić information content (AvgIpc) is 3.37. The van der Waals surface area contributed by atoms with Crippen molar-refractivity contribution >= 4 is 43.6 Å².